The van der Waals surface area contributed by atoms with Crippen LogP contribution in [0.2, 0.25) is 0 Å². The fourth-order valence-corrected chi connectivity index (χ4v) is 7.59. The Bertz CT molecular complexity index is 909. The van der Waals surface area contributed by atoms with Crippen molar-refractivity contribution in [2.75, 3.05) is 13.1 Å². The first-order valence-electron chi connectivity index (χ1n) is 11.8. The van der Waals surface area contributed by atoms with E-state index in [4.69, 9.17) is 4.74 Å². The van der Waals surface area contributed by atoms with Gasteiger partial charge in [-0.05, 0) is 67.9 Å². The summed E-state index contributed by atoms with van der Waals surface area (Å²) in [5.41, 5.74) is 0.238. The molecule has 3 heterocycles. The van der Waals surface area contributed by atoms with Crippen molar-refractivity contribution in [1.82, 2.24) is 24.6 Å². The van der Waals surface area contributed by atoms with E-state index in [0.29, 0.717) is 12.3 Å². The second-order valence-corrected chi connectivity index (χ2v) is 10.6. The van der Waals surface area contributed by atoms with Gasteiger partial charge in [-0.25, -0.2) is 9.67 Å². The van der Waals surface area contributed by atoms with Gasteiger partial charge in [0.1, 0.15) is 24.5 Å². The smallest absolute Gasteiger partial charge is 0.223 e. The fourth-order valence-electron chi connectivity index (χ4n) is 7.59. The van der Waals surface area contributed by atoms with E-state index in [1.54, 1.807) is 18.7 Å². The van der Waals surface area contributed by atoms with Crippen molar-refractivity contribution in [3.63, 3.8) is 0 Å². The lowest BCUT2D eigenvalue weighted by molar-refractivity contribution is -0.147. The molecule has 7 nitrogen and oxygen atoms in total. The van der Waals surface area contributed by atoms with Crippen LogP contribution in [0.5, 0.6) is 5.75 Å². The SMILES string of the molecule is O=C(CC12C[C@H]3C[C@@H](C1)CC(n1cncn1)(C3)C2)N1CCC(Oc2cccnc2)CC1. The van der Waals surface area contributed by atoms with Gasteiger partial charge in [0, 0.05) is 38.5 Å². The molecule has 7 rings (SSSR count). The number of amides is 1. The topological polar surface area (TPSA) is 73.1 Å². The van der Waals surface area contributed by atoms with Gasteiger partial charge < -0.3 is 9.64 Å². The Kier molecular flexibility index (Phi) is 4.54. The van der Waals surface area contributed by atoms with Crippen LogP contribution in [0.15, 0.2) is 37.2 Å². The maximum Gasteiger partial charge on any atom is 0.223 e. The average molecular weight is 422 g/mol. The van der Waals surface area contributed by atoms with Crippen molar-refractivity contribution in [1.29, 1.82) is 0 Å². The van der Waals surface area contributed by atoms with Gasteiger partial charge in [0.2, 0.25) is 5.91 Å². The Hall–Kier alpha value is -2.44. The van der Waals surface area contributed by atoms with Crippen LogP contribution in [0.3, 0.4) is 0 Å². The molecule has 5 aliphatic rings. The minimum Gasteiger partial charge on any atom is -0.489 e. The quantitative estimate of drug-likeness (QED) is 0.740. The first-order chi connectivity index (χ1) is 15.1. The molecule has 2 aromatic heterocycles. The molecular weight excluding hydrogens is 390 g/mol. The van der Waals surface area contributed by atoms with E-state index in [-0.39, 0.29) is 17.1 Å². The third-order valence-electron chi connectivity index (χ3n) is 8.31. The first kappa shape index (κ1) is 19.3. The molecule has 0 N–H and O–H groups in total. The fraction of sp³-hybridized carbons (Fsp3) is 0.667. The van der Waals surface area contributed by atoms with Crippen molar-refractivity contribution >= 4 is 5.91 Å². The maximum absolute atomic E-state index is 13.4. The summed E-state index contributed by atoms with van der Waals surface area (Å²) in [6.45, 7) is 1.59. The second-order valence-electron chi connectivity index (χ2n) is 10.6. The molecule has 4 saturated carbocycles. The molecule has 1 aliphatic heterocycles. The number of pyridine rings is 1. The summed E-state index contributed by atoms with van der Waals surface area (Å²) in [6, 6.07) is 3.84. The number of carbonyl (C=O) groups is 1. The summed E-state index contributed by atoms with van der Waals surface area (Å²) >= 11 is 0. The highest BCUT2D eigenvalue weighted by Crippen LogP contribution is 2.65. The molecular formula is C24H31N5O2. The predicted octanol–water partition coefficient (Wildman–Crippen LogP) is 3.43. The van der Waals surface area contributed by atoms with E-state index < -0.39 is 0 Å². The van der Waals surface area contributed by atoms with E-state index >= 15 is 0 Å². The zero-order valence-electron chi connectivity index (χ0n) is 18.0. The number of likely N-dealkylation sites (tertiary alicyclic amines) is 1. The summed E-state index contributed by atoms with van der Waals surface area (Å²) in [6.07, 6.45) is 17.0. The molecule has 31 heavy (non-hydrogen) atoms. The van der Waals surface area contributed by atoms with Crippen LogP contribution in [0.4, 0.5) is 0 Å². The number of piperidine rings is 1. The van der Waals surface area contributed by atoms with Crippen molar-refractivity contribution in [2.45, 2.75) is 69.4 Å². The zero-order chi connectivity index (χ0) is 20.9. The van der Waals surface area contributed by atoms with Gasteiger partial charge in [0.15, 0.2) is 0 Å². The highest BCUT2D eigenvalue weighted by molar-refractivity contribution is 5.77. The van der Waals surface area contributed by atoms with Gasteiger partial charge in [0.25, 0.3) is 0 Å². The monoisotopic (exact) mass is 421 g/mol. The number of hydrogen-bond donors (Lipinski definition) is 0. The van der Waals surface area contributed by atoms with Crippen LogP contribution >= 0.6 is 0 Å². The van der Waals surface area contributed by atoms with Crippen molar-refractivity contribution < 1.29 is 9.53 Å². The number of aromatic nitrogens is 4. The van der Waals surface area contributed by atoms with Crippen LogP contribution in [0, 0.1) is 17.3 Å². The Labute approximate surface area is 183 Å². The summed E-state index contributed by atoms with van der Waals surface area (Å²) in [4.78, 5) is 23.8. The zero-order valence-corrected chi connectivity index (χ0v) is 18.0. The third kappa shape index (κ3) is 3.52. The molecule has 1 saturated heterocycles. The first-order valence-corrected chi connectivity index (χ1v) is 11.8. The molecule has 5 fully saturated rings. The number of ether oxygens (including phenoxy) is 1. The Morgan fingerprint density at radius 2 is 1.94 bits per heavy atom. The lowest BCUT2D eigenvalue weighted by Gasteiger charge is -2.62. The Morgan fingerprint density at radius 3 is 2.61 bits per heavy atom. The minimum absolute atomic E-state index is 0.0887. The van der Waals surface area contributed by atoms with Crippen LogP contribution in [0.25, 0.3) is 0 Å². The standard InChI is InChI=1S/C24H31N5O2/c30-22(28-6-3-20(4-7-28)31-21-2-1-5-25-14-21)13-23-9-18-8-19(10-23)12-24(11-18,15-23)29-17-26-16-27-29/h1-2,5,14,16-20H,3-4,6-13,15H2/t18-,19+,23?,24?. The third-order valence-corrected chi connectivity index (χ3v) is 8.31. The number of carbonyl (C=O) groups excluding carboxylic acids is 1. The molecule has 7 heteroatoms. The normalized spacial score (nSPS) is 34.8. The van der Waals surface area contributed by atoms with Crippen molar-refractivity contribution in [3.8, 4) is 5.75 Å². The van der Waals surface area contributed by atoms with Crippen LogP contribution in [-0.4, -0.2) is 49.7 Å². The molecule has 4 aliphatic carbocycles. The van der Waals surface area contributed by atoms with Crippen molar-refractivity contribution in [2.24, 2.45) is 17.3 Å². The van der Waals surface area contributed by atoms with Gasteiger partial charge >= 0.3 is 0 Å². The molecule has 2 unspecified atom stereocenters. The van der Waals surface area contributed by atoms with Gasteiger partial charge in [-0.15, -0.1) is 0 Å². The molecule has 0 aromatic carbocycles. The van der Waals surface area contributed by atoms with Gasteiger partial charge in [-0.3, -0.25) is 9.78 Å². The lowest BCUT2D eigenvalue weighted by Crippen LogP contribution is -2.58. The molecule has 0 spiro atoms. The second kappa shape index (κ2) is 7.31. The minimum atomic E-state index is 0.0887. The molecule has 4 atom stereocenters. The number of hydrogen-bond acceptors (Lipinski definition) is 5. The molecule has 4 bridgehead atoms. The largest absolute Gasteiger partial charge is 0.489 e. The van der Waals surface area contributed by atoms with Crippen LogP contribution in [-0.2, 0) is 10.3 Å². The summed E-state index contributed by atoms with van der Waals surface area (Å²) in [5.74, 6) is 2.63. The molecule has 164 valence electrons. The van der Waals surface area contributed by atoms with E-state index in [2.05, 4.69) is 24.6 Å². The number of nitrogens with zero attached hydrogens (tertiary/aromatic N) is 5. The van der Waals surface area contributed by atoms with E-state index in [1.807, 2.05) is 18.5 Å². The predicted molar refractivity (Wildman–Crippen MR) is 114 cm³/mol. The molecule has 0 radical (unpaired) electrons. The molecule has 2 aromatic rings. The van der Waals surface area contributed by atoms with Gasteiger partial charge in [0.05, 0.1) is 11.7 Å². The van der Waals surface area contributed by atoms with E-state index in [1.165, 1.54) is 32.1 Å². The summed E-state index contributed by atoms with van der Waals surface area (Å²) in [5, 5.41) is 4.54. The maximum atomic E-state index is 13.4. The Balaban J connectivity index is 1.11. The Morgan fingerprint density at radius 1 is 1.13 bits per heavy atom. The summed E-state index contributed by atoms with van der Waals surface area (Å²) in [7, 11) is 0. The number of rotatable bonds is 5. The van der Waals surface area contributed by atoms with E-state index in [0.717, 1.165) is 49.9 Å². The van der Waals surface area contributed by atoms with E-state index in [9.17, 15) is 4.79 Å². The van der Waals surface area contributed by atoms with Gasteiger partial charge in [-0.2, -0.15) is 5.10 Å². The van der Waals surface area contributed by atoms with Crippen molar-refractivity contribution in [3.05, 3.63) is 37.2 Å². The van der Waals surface area contributed by atoms with Crippen LogP contribution < -0.4 is 4.74 Å². The highest BCUT2D eigenvalue weighted by Gasteiger charge is 2.59. The summed E-state index contributed by atoms with van der Waals surface area (Å²) < 4.78 is 8.19. The van der Waals surface area contributed by atoms with Crippen LogP contribution in [0.1, 0.15) is 57.8 Å². The highest BCUT2D eigenvalue weighted by atomic mass is 16.5. The molecule has 1 amide bonds. The average Bonchev–Trinajstić information content (AvgIpc) is 3.30. The lowest BCUT2D eigenvalue weighted by atomic mass is 9.46. The van der Waals surface area contributed by atoms with Gasteiger partial charge in [-0.1, -0.05) is 0 Å².